The molecule has 1 saturated heterocycles. The number of hydrogen-bond donors (Lipinski definition) is 2. The van der Waals surface area contributed by atoms with Crippen LogP contribution < -0.4 is 15.0 Å². The van der Waals surface area contributed by atoms with Crippen LogP contribution >= 0.6 is 0 Å². The number of fused-ring (bicyclic) bond motifs is 1. The Morgan fingerprint density at radius 1 is 1.03 bits per heavy atom. The number of carbonyl (C=O) groups excluding carboxylic acids is 1. The van der Waals surface area contributed by atoms with Gasteiger partial charge in [-0.25, -0.2) is 18.6 Å². The number of anilines is 2. The van der Waals surface area contributed by atoms with Gasteiger partial charge in [0.1, 0.15) is 5.75 Å². The van der Waals surface area contributed by atoms with E-state index in [-0.39, 0.29) is 17.1 Å². The molecule has 174 valence electrons. The summed E-state index contributed by atoms with van der Waals surface area (Å²) in [5, 5.41) is 2.73. The van der Waals surface area contributed by atoms with Crippen molar-refractivity contribution in [3.63, 3.8) is 0 Å². The summed E-state index contributed by atoms with van der Waals surface area (Å²) in [6, 6.07) is 9.79. The number of rotatable bonds is 4. The van der Waals surface area contributed by atoms with Crippen molar-refractivity contribution in [2.45, 2.75) is 6.92 Å². The predicted molar refractivity (Wildman–Crippen MR) is 124 cm³/mol. The molecule has 34 heavy (non-hydrogen) atoms. The number of urea groups is 1. The van der Waals surface area contributed by atoms with E-state index in [1.807, 2.05) is 31.2 Å². The summed E-state index contributed by atoms with van der Waals surface area (Å²) in [7, 11) is 0. The van der Waals surface area contributed by atoms with Gasteiger partial charge in [0.25, 0.3) is 0 Å². The van der Waals surface area contributed by atoms with Crippen molar-refractivity contribution in [3.05, 3.63) is 72.3 Å². The van der Waals surface area contributed by atoms with Crippen LogP contribution in [0.15, 0.2) is 55.0 Å². The Hall–Kier alpha value is -4.21. The Kier molecular flexibility index (Phi) is 5.70. The number of benzene rings is 2. The lowest BCUT2D eigenvalue weighted by Crippen LogP contribution is -2.50. The van der Waals surface area contributed by atoms with Crippen LogP contribution in [0.4, 0.5) is 25.0 Å². The maximum Gasteiger partial charge on any atom is 0.322 e. The highest BCUT2D eigenvalue weighted by Crippen LogP contribution is 2.28. The fourth-order valence-corrected chi connectivity index (χ4v) is 3.95. The van der Waals surface area contributed by atoms with Gasteiger partial charge in [-0.15, -0.1) is 0 Å². The van der Waals surface area contributed by atoms with Crippen LogP contribution in [-0.2, 0) is 0 Å². The molecule has 8 nitrogen and oxygen atoms in total. The molecule has 2 amide bonds. The van der Waals surface area contributed by atoms with E-state index in [9.17, 15) is 13.6 Å². The molecular weight excluding hydrogens is 442 g/mol. The number of hydrogen-bond acceptors (Lipinski definition) is 5. The van der Waals surface area contributed by atoms with Crippen molar-refractivity contribution in [2.24, 2.45) is 0 Å². The highest BCUT2D eigenvalue weighted by Gasteiger charge is 2.23. The maximum atomic E-state index is 14.2. The molecule has 5 rings (SSSR count). The highest BCUT2D eigenvalue weighted by atomic mass is 19.2. The molecule has 1 aliphatic heterocycles. The Morgan fingerprint density at radius 2 is 1.76 bits per heavy atom. The van der Waals surface area contributed by atoms with Gasteiger partial charge in [0.05, 0.1) is 22.3 Å². The van der Waals surface area contributed by atoms with Crippen LogP contribution in [0.5, 0.6) is 11.6 Å². The molecule has 1 aliphatic rings. The van der Waals surface area contributed by atoms with Crippen molar-refractivity contribution in [1.82, 2.24) is 19.9 Å². The summed E-state index contributed by atoms with van der Waals surface area (Å²) < 4.78 is 33.6. The zero-order valence-corrected chi connectivity index (χ0v) is 18.4. The molecule has 2 aromatic heterocycles. The van der Waals surface area contributed by atoms with E-state index in [1.54, 1.807) is 17.3 Å². The van der Waals surface area contributed by atoms with Crippen molar-refractivity contribution in [2.75, 3.05) is 36.4 Å². The first-order chi connectivity index (χ1) is 16.5. The van der Waals surface area contributed by atoms with Crippen LogP contribution in [0.3, 0.4) is 0 Å². The first-order valence-corrected chi connectivity index (χ1v) is 10.8. The number of H-pyrrole nitrogens is 1. The largest absolute Gasteiger partial charge is 0.437 e. The predicted octanol–water partition coefficient (Wildman–Crippen LogP) is 4.69. The van der Waals surface area contributed by atoms with E-state index in [0.717, 1.165) is 11.8 Å². The van der Waals surface area contributed by atoms with Gasteiger partial charge in [-0.2, -0.15) is 0 Å². The van der Waals surface area contributed by atoms with Gasteiger partial charge in [-0.3, -0.25) is 4.98 Å². The number of nitrogens with zero attached hydrogens (tertiary/aromatic N) is 4. The molecule has 0 saturated carbocycles. The molecule has 2 aromatic carbocycles. The van der Waals surface area contributed by atoms with E-state index >= 15 is 0 Å². The third-order valence-corrected chi connectivity index (χ3v) is 5.80. The minimum Gasteiger partial charge on any atom is -0.437 e. The second-order valence-corrected chi connectivity index (χ2v) is 7.93. The Balaban J connectivity index is 1.19. The lowest BCUT2D eigenvalue weighted by atomic mass is 10.2. The second kappa shape index (κ2) is 8.97. The number of nitrogens with one attached hydrogen (secondary N) is 2. The highest BCUT2D eigenvalue weighted by molar-refractivity contribution is 6.01. The minimum atomic E-state index is -0.985. The van der Waals surface area contributed by atoms with Gasteiger partial charge in [0.2, 0.25) is 5.88 Å². The number of aromatic amines is 1. The molecule has 2 N–H and O–H groups in total. The molecule has 0 bridgehead atoms. The standard InChI is InChI=1S/C24H22F2N6O2/c1-15-23(28-9-8-27-15)34-17-4-2-16(3-5-17)31-10-12-32(13-11-31)24(33)30-20-14-29-19-7-6-18(25)22(26)21(19)20/h2-9,14,29H,10-13H2,1H3,(H,30,33). The first-order valence-electron chi connectivity index (χ1n) is 10.8. The van der Waals surface area contributed by atoms with E-state index in [1.165, 1.54) is 12.3 Å². The van der Waals surface area contributed by atoms with E-state index in [0.29, 0.717) is 49.0 Å². The van der Waals surface area contributed by atoms with Crippen LogP contribution in [0.2, 0.25) is 0 Å². The molecule has 10 heteroatoms. The van der Waals surface area contributed by atoms with Crippen LogP contribution in [0.25, 0.3) is 10.9 Å². The van der Waals surface area contributed by atoms with E-state index in [2.05, 4.69) is 25.2 Å². The quantitative estimate of drug-likeness (QED) is 0.458. The summed E-state index contributed by atoms with van der Waals surface area (Å²) in [4.78, 5) is 27.8. The van der Waals surface area contributed by atoms with Gasteiger partial charge in [-0.05, 0) is 43.3 Å². The summed E-state index contributed by atoms with van der Waals surface area (Å²) in [6.45, 7) is 4.07. The SMILES string of the molecule is Cc1nccnc1Oc1ccc(N2CCN(C(=O)Nc3c[nH]c4ccc(F)c(F)c34)CC2)cc1. The average molecular weight is 464 g/mol. The van der Waals surface area contributed by atoms with E-state index in [4.69, 9.17) is 4.74 Å². The molecule has 0 unspecified atom stereocenters. The zero-order valence-electron chi connectivity index (χ0n) is 18.4. The van der Waals surface area contributed by atoms with Gasteiger partial charge in [0.15, 0.2) is 11.6 Å². The third-order valence-electron chi connectivity index (χ3n) is 5.80. The van der Waals surface area contributed by atoms with Crippen molar-refractivity contribution >= 4 is 28.3 Å². The number of ether oxygens (including phenoxy) is 1. The molecule has 0 aliphatic carbocycles. The van der Waals surface area contributed by atoms with Crippen molar-refractivity contribution < 1.29 is 18.3 Å². The molecule has 1 fully saturated rings. The number of aryl methyl sites for hydroxylation is 1. The zero-order chi connectivity index (χ0) is 23.7. The second-order valence-electron chi connectivity index (χ2n) is 7.93. The average Bonchev–Trinajstić information content (AvgIpc) is 3.26. The van der Waals surface area contributed by atoms with Gasteiger partial charge in [-0.1, -0.05) is 0 Å². The lowest BCUT2D eigenvalue weighted by molar-refractivity contribution is 0.208. The van der Waals surface area contributed by atoms with Crippen LogP contribution in [-0.4, -0.2) is 52.1 Å². The Labute approximate surface area is 194 Å². The number of piperazine rings is 1. The van der Waals surface area contributed by atoms with Gasteiger partial charge < -0.3 is 24.8 Å². The van der Waals surface area contributed by atoms with Crippen LogP contribution in [0, 0.1) is 18.6 Å². The lowest BCUT2D eigenvalue weighted by Gasteiger charge is -2.36. The number of aromatic nitrogens is 3. The molecular formula is C24H22F2N6O2. The molecule has 0 spiro atoms. The smallest absolute Gasteiger partial charge is 0.322 e. The fraction of sp³-hybridized carbons (Fsp3) is 0.208. The molecule has 4 aromatic rings. The Bertz CT molecular complexity index is 1330. The van der Waals surface area contributed by atoms with Crippen LogP contribution in [0.1, 0.15) is 5.69 Å². The topological polar surface area (TPSA) is 86.4 Å². The van der Waals surface area contributed by atoms with Gasteiger partial charge >= 0.3 is 6.03 Å². The molecule has 0 atom stereocenters. The number of halogens is 2. The Morgan fingerprint density at radius 3 is 2.50 bits per heavy atom. The minimum absolute atomic E-state index is 0.0333. The molecule has 3 heterocycles. The van der Waals surface area contributed by atoms with E-state index < -0.39 is 11.6 Å². The molecule has 0 radical (unpaired) electrons. The maximum absolute atomic E-state index is 14.2. The third kappa shape index (κ3) is 4.21. The normalized spacial score (nSPS) is 13.9. The van der Waals surface area contributed by atoms with Crippen molar-refractivity contribution in [3.8, 4) is 11.6 Å². The monoisotopic (exact) mass is 464 g/mol. The summed E-state index contributed by atoms with van der Waals surface area (Å²) in [5.41, 5.74) is 2.35. The van der Waals surface area contributed by atoms with Gasteiger partial charge in [0, 0.05) is 50.5 Å². The fourth-order valence-electron chi connectivity index (χ4n) is 3.95. The van der Waals surface area contributed by atoms with Crippen molar-refractivity contribution in [1.29, 1.82) is 0 Å². The number of amides is 2. The summed E-state index contributed by atoms with van der Waals surface area (Å²) in [5.74, 6) is -0.819. The summed E-state index contributed by atoms with van der Waals surface area (Å²) in [6.07, 6.45) is 4.66. The number of carbonyl (C=O) groups is 1. The summed E-state index contributed by atoms with van der Waals surface area (Å²) >= 11 is 0. The first kappa shape index (κ1) is 21.6.